The minimum atomic E-state index is 0.462. The molecule has 1 N–H and O–H groups in total. The van der Waals surface area contributed by atoms with E-state index in [9.17, 15) is 5.11 Å². The summed E-state index contributed by atoms with van der Waals surface area (Å²) in [6, 6.07) is 5.77. The first-order valence-electron chi connectivity index (χ1n) is 6.38. The summed E-state index contributed by atoms with van der Waals surface area (Å²) in [5.74, 6) is 1.27. The van der Waals surface area contributed by atoms with E-state index in [2.05, 4.69) is 26.8 Å². The molecule has 0 bridgehead atoms. The molecule has 16 heavy (non-hydrogen) atoms. The largest absolute Gasteiger partial charge is 0.508 e. The van der Waals surface area contributed by atoms with Crippen molar-refractivity contribution in [2.45, 2.75) is 52.9 Å². The second kappa shape index (κ2) is 6.57. The highest BCUT2D eigenvalue weighted by atomic mass is 16.3. The third kappa shape index (κ3) is 4.26. The SMILES string of the molecule is Cc1cccc(O)c1CCCCCC(C)C. The van der Waals surface area contributed by atoms with E-state index in [1.165, 1.54) is 31.2 Å². The van der Waals surface area contributed by atoms with Crippen LogP contribution in [0, 0.1) is 12.8 Å². The Hall–Kier alpha value is -0.980. The molecule has 0 atom stereocenters. The average Bonchev–Trinajstić information content (AvgIpc) is 2.21. The number of aryl methyl sites for hydroxylation is 1. The van der Waals surface area contributed by atoms with Crippen LogP contribution in [0.25, 0.3) is 0 Å². The summed E-state index contributed by atoms with van der Waals surface area (Å²) < 4.78 is 0. The molecule has 1 rings (SSSR count). The number of phenols is 1. The van der Waals surface area contributed by atoms with Gasteiger partial charge in [0.2, 0.25) is 0 Å². The molecule has 90 valence electrons. The monoisotopic (exact) mass is 220 g/mol. The van der Waals surface area contributed by atoms with Crippen LogP contribution in [-0.4, -0.2) is 5.11 Å². The average molecular weight is 220 g/mol. The van der Waals surface area contributed by atoms with Crippen LogP contribution < -0.4 is 0 Å². The van der Waals surface area contributed by atoms with Crippen molar-refractivity contribution in [3.63, 3.8) is 0 Å². The van der Waals surface area contributed by atoms with E-state index in [0.717, 1.165) is 17.9 Å². The molecule has 0 saturated carbocycles. The zero-order chi connectivity index (χ0) is 12.0. The molecule has 1 aromatic carbocycles. The minimum Gasteiger partial charge on any atom is -0.508 e. The van der Waals surface area contributed by atoms with Gasteiger partial charge in [0.25, 0.3) is 0 Å². The van der Waals surface area contributed by atoms with E-state index in [1.54, 1.807) is 6.07 Å². The molecular weight excluding hydrogens is 196 g/mol. The van der Waals surface area contributed by atoms with Crippen LogP contribution in [0.4, 0.5) is 0 Å². The maximum absolute atomic E-state index is 9.74. The maximum Gasteiger partial charge on any atom is 0.119 e. The lowest BCUT2D eigenvalue weighted by atomic mass is 9.99. The summed E-state index contributed by atoms with van der Waals surface area (Å²) in [6.07, 6.45) is 6.09. The Morgan fingerprint density at radius 2 is 1.88 bits per heavy atom. The molecule has 0 fully saturated rings. The van der Waals surface area contributed by atoms with Crippen LogP contribution in [0.1, 0.15) is 50.7 Å². The predicted octanol–water partition coefficient (Wildman–Crippen LogP) is 4.46. The van der Waals surface area contributed by atoms with Gasteiger partial charge in [-0.1, -0.05) is 45.2 Å². The van der Waals surface area contributed by atoms with Crippen LogP contribution in [0.5, 0.6) is 5.75 Å². The van der Waals surface area contributed by atoms with Crippen LogP contribution in [-0.2, 0) is 6.42 Å². The molecule has 1 aromatic rings. The normalized spacial score (nSPS) is 11.0. The molecule has 0 aromatic heterocycles. The lowest BCUT2D eigenvalue weighted by molar-refractivity contribution is 0.464. The van der Waals surface area contributed by atoms with Crippen LogP contribution in [0.3, 0.4) is 0 Å². The van der Waals surface area contributed by atoms with Gasteiger partial charge in [-0.05, 0) is 42.9 Å². The Kier molecular flexibility index (Phi) is 5.37. The molecule has 0 aliphatic rings. The van der Waals surface area contributed by atoms with Gasteiger partial charge in [0.05, 0.1) is 0 Å². The molecule has 0 amide bonds. The first kappa shape index (κ1) is 13.1. The highest BCUT2D eigenvalue weighted by Crippen LogP contribution is 2.22. The minimum absolute atomic E-state index is 0.462. The number of hydrogen-bond donors (Lipinski definition) is 1. The molecule has 0 unspecified atom stereocenters. The molecule has 0 aliphatic heterocycles. The van der Waals surface area contributed by atoms with E-state index >= 15 is 0 Å². The Morgan fingerprint density at radius 1 is 1.12 bits per heavy atom. The third-order valence-electron chi connectivity index (χ3n) is 3.09. The van der Waals surface area contributed by atoms with Crippen molar-refractivity contribution in [2.24, 2.45) is 5.92 Å². The molecular formula is C15H24O. The summed E-state index contributed by atoms with van der Waals surface area (Å²) >= 11 is 0. The fourth-order valence-corrected chi connectivity index (χ4v) is 2.04. The van der Waals surface area contributed by atoms with Gasteiger partial charge in [-0.15, -0.1) is 0 Å². The van der Waals surface area contributed by atoms with Gasteiger partial charge in [0, 0.05) is 0 Å². The van der Waals surface area contributed by atoms with E-state index < -0.39 is 0 Å². The topological polar surface area (TPSA) is 20.2 Å². The number of rotatable bonds is 6. The van der Waals surface area contributed by atoms with Crippen LogP contribution in [0.15, 0.2) is 18.2 Å². The molecule has 0 radical (unpaired) electrons. The van der Waals surface area contributed by atoms with Crippen molar-refractivity contribution in [1.82, 2.24) is 0 Å². The predicted molar refractivity (Wildman–Crippen MR) is 69.9 cm³/mol. The lowest BCUT2D eigenvalue weighted by Crippen LogP contribution is -1.92. The zero-order valence-electron chi connectivity index (χ0n) is 10.8. The van der Waals surface area contributed by atoms with Crippen LogP contribution >= 0.6 is 0 Å². The first-order valence-corrected chi connectivity index (χ1v) is 6.38. The van der Waals surface area contributed by atoms with Gasteiger partial charge in [-0.3, -0.25) is 0 Å². The molecule has 1 nitrogen and oxygen atoms in total. The summed E-state index contributed by atoms with van der Waals surface area (Å²) in [7, 11) is 0. The Bertz CT molecular complexity index is 295. The number of aromatic hydroxyl groups is 1. The quantitative estimate of drug-likeness (QED) is 0.702. The second-order valence-electron chi connectivity index (χ2n) is 5.07. The van der Waals surface area contributed by atoms with Crippen molar-refractivity contribution in [1.29, 1.82) is 0 Å². The number of hydrogen-bond acceptors (Lipinski definition) is 1. The second-order valence-corrected chi connectivity index (χ2v) is 5.07. The highest BCUT2D eigenvalue weighted by molar-refractivity contribution is 5.38. The Balaban J connectivity index is 2.32. The first-order chi connectivity index (χ1) is 7.61. The van der Waals surface area contributed by atoms with E-state index in [1.807, 2.05) is 6.07 Å². The fraction of sp³-hybridized carbons (Fsp3) is 0.600. The standard InChI is InChI=1S/C15H24O/c1-12(2)8-5-4-6-10-14-13(3)9-7-11-15(14)16/h7,9,11-12,16H,4-6,8,10H2,1-3H3. The Morgan fingerprint density at radius 3 is 2.50 bits per heavy atom. The van der Waals surface area contributed by atoms with E-state index in [0.29, 0.717) is 5.75 Å². The van der Waals surface area contributed by atoms with Gasteiger partial charge in [0.1, 0.15) is 5.75 Å². The fourth-order valence-electron chi connectivity index (χ4n) is 2.04. The molecule has 1 heteroatoms. The van der Waals surface area contributed by atoms with Gasteiger partial charge >= 0.3 is 0 Å². The van der Waals surface area contributed by atoms with Crippen molar-refractivity contribution < 1.29 is 5.11 Å². The van der Waals surface area contributed by atoms with Gasteiger partial charge in [0.15, 0.2) is 0 Å². The zero-order valence-corrected chi connectivity index (χ0v) is 10.8. The van der Waals surface area contributed by atoms with Gasteiger partial charge in [-0.2, -0.15) is 0 Å². The summed E-state index contributed by atoms with van der Waals surface area (Å²) in [6.45, 7) is 6.61. The molecule has 0 aliphatic carbocycles. The lowest BCUT2D eigenvalue weighted by Gasteiger charge is -2.08. The summed E-state index contributed by atoms with van der Waals surface area (Å²) in [4.78, 5) is 0. The Labute approximate surface area is 99.5 Å². The van der Waals surface area contributed by atoms with Gasteiger partial charge in [-0.25, -0.2) is 0 Å². The highest BCUT2D eigenvalue weighted by Gasteiger charge is 2.03. The number of phenolic OH excluding ortho intramolecular Hbond substituents is 1. The van der Waals surface area contributed by atoms with E-state index in [4.69, 9.17) is 0 Å². The van der Waals surface area contributed by atoms with Crippen molar-refractivity contribution in [3.8, 4) is 5.75 Å². The molecule has 0 heterocycles. The van der Waals surface area contributed by atoms with Crippen molar-refractivity contribution in [2.75, 3.05) is 0 Å². The van der Waals surface area contributed by atoms with Crippen molar-refractivity contribution in [3.05, 3.63) is 29.3 Å². The summed E-state index contributed by atoms with van der Waals surface area (Å²) in [5.41, 5.74) is 2.34. The number of benzene rings is 1. The smallest absolute Gasteiger partial charge is 0.119 e. The molecule has 0 saturated heterocycles. The summed E-state index contributed by atoms with van der Waals surface area (Å²) in [5, 5.41) is 9.74. The number of unbranched alkanes of at least 4 members (excludes halogenated alkanes) is 2. The van der Waals surface area contributed by atoms with E-state index in [-0.39, 0.29) is 0 Å². The molecule has 0 spiro atoms. The van der Waals surface area contributed by atoms with Crippen molar-refractivity contribution >= 4 is 0 Å². The third-order valence-corrected chi connectivity index (χ3v) is 3.09. The van der Waals surface area contributed by atoms with Crippen LogP contribution in [0.2, 0.25) is 0 Å². The maximum atomic E-state index is 9.74. The van der Waals surface area contributed by atoms with Gasteiger partial charge < -0.3 is 5.11 Å².